The van der Waals surface area contributed by atoms with Gasteiger partial charge in [0.2, 0.25) is 23.6 Å². The summed E-state index contributed by atoms with van der Waals surface area (Å²) in [4.78, 5) is 60.5. The predicted octanol–water partition coefficient (Wildman–Crippen LogP) is -1.74. The van der Waals surface area contributed by atoms with Gasteiger partial charge in [-0.1, -0.05) is 26.0 Å². The Hall–Kier alpha value is -3.32. The quantitative estimate of drug-likeness (QED) is 0.146. The third-order valence-electron chi connectivity index (χ3n) is 4.81. The molecule has 0 aliphatic carbocycles. The minimum atomic E-state index is -1.30. The highest BCUT2D eigenvalue weighted by atomic mass is 32.1. The molecule has 0 fully saturated rings. The number of carbonyl (C=O) groups is 5. The van der Waals surface area contributed by atoms with Crippen LogP contribution in [0.4, 0.5) is 0 Å². The number of aromatic hydroxyl groups is 1. The van der Waals surface area contributed by atoms with E-state index in [0.29, 0.717) is 5.56 Å². The fourth-order valence-corrected chi connectivity index (χ4v) is 3.15. The molecule has 1 rings (SSSR count). The maximum absolute atomic E-state index is 13.0. The van der Waals surface area contributed by atoms with Gasteiger partial charge in [-0.05, 0) is 23.6 Å². The van der Waals surface area contributed by atoms with Crippen LogP contribution in [0.3, 0.4) is 0 Å². The van der Waals surface area contributed by atoms with Crippen LogP contribution >= 0.6 is 12.6 Å². The van der Waals surface area contributed by atoms with E-state index in [4.69, 9.17) is 11.5 Å². The van der Waals surface area contributed by atoms with Crippen LogP contribution < -0.4 is 27.4 Å². The molecule has 9 N–H and O–H groups in total. The number of nitrogens with one attached hydrogen (secondary N) is 3. The third-order valence-corrected chi connectivity index (χ3v) is 5.18. The van der Waals surface area contributed by atoms with E-state index in [1.54, 1.807) is 26.0 Å². The van der Waals surface area contributed by atoms with Crippen molar-refractivity contribution in [2.24, 2.45) is 17.4 Å². The van der Waals surface area contributed by atoms with Crippen molar-refractivity contribution < 1.29 is 34.2 Å². The highest BCUT2D eigenvalue weighted by Gasteiger charge is 2.31. The molecule has 0 aromatic heterocycles. The molecule has 0 aliphatic rings. The molecule has 0 saturated carbocycles. The van der Waals surface area contributed by atoms with Gasteiger partial charge in [0.25, 0.3) is 0 Å². The monoisotopic (exact) mass is 497 g/mol. The van der Waals surface area contributed by atoms with Gasteiger partial charge in [-0.3, -0.25) is 19.2 Å². The maximum Gasteiger partial charge on any atom is 0.327 e. The largest absolute Gasteiger partial charge is 0.508 e. The average molecular weight is 498 g/mol. The molecule has 0 saturated heterocycles. The summed E-state index contributed by atoms with van der Waals surface area (Å²) in [6.07, 6.45) is -0.443. The maximum atomic E-state index is 13.0. The topological polar surface area (TPSA) is 214 Å². The predicted molar refractivity (Wildman–Crippen MR) is 126 cm³/mol. The van der Waals surface area contributed by atoms with Crippen LogP contribution in [0.15, 0.2) is 24.3 Å². The number of carbonyl (C=O) groups excluding carboxylic acids is 4. The zero-order valence-corrected chi connectivity index (χ0v) is 19.7. The number of primary amides is 1. The summed E-state index contributed by atoms with van der Waals surface area (Å²) in [6.45, 7) is 3.31. The van der Waals surface area contributed by atoms with Crippen molar-refractivity contribution >= 4 is 42.2 Å². The lowest BCUT2D eigenvalue weighted by Gasteiger charge is -2.27. The van der Waals surface area contributed by atoms with Crippen molar-refractivity contribution in [2.75, 3.05) is 5.75 Å². The summed E-state index contributed by atoms with van der Waals surface area (Å²) >= 11 is 3.92. The molecule has 12 nitrogen and oxygen atoms in total. The number of phenols is 1. The number of aliphatic carboxylic acids is 1. The number of phenolic OH excluding ortho intramolecular Hbond substituents is 1. The van der Waals surface area contributed by atoms with Crippen molar-refractivity contribution in [3.63, 3.8) is 0 Å². The first kappa shape index (κ1) is 28.7. The molecule has 188 valence electrons. The molecule has 1 aromatic carbocycles. The molecule has 0 bridgehead atoms. The Morgan fingerprint density at radius 1 is 0.941 bits per heavy atom. The van der Waals surface area contributed by atoms with Crippen molar-refractivity contribution in [1.29, 1.82) is 0 Å². The lowest BCUT2D eigenvalue weighted by Crippen LogP contribution is -2.59. The number of amides is 4. The molecule has 0 aliphatic heterocycles. The molecule has 4 unspecified atom stereocenters. The molecule has 4 amide bonds. The van der Waals surface area contributed by atoms with Gasteiger partial charge in [0.05, 0.1) is 12.5 Å². The lowest BCUT2D eigenvalue weighted by atomic mass is 10.00. The number of benzene rings is 1. The van der Waals surface area contributed by atoms with Gasteiger partial charge in [0, 0.05) is 12.2 Å². The summed E-state index contributed by atoms with van der Waals surface area (Å²) in [7, 11) is 0. The second-order valence-electron chi connectivity index (χ2n) is 8.02. The zero-order chi connectivity index (χ0) is 26.0. The van der Waals surface area contributed by atoms with E-state index in [1.807, 2.05) is 0 Å². The molecule has 0 radical (unpaired) electrons. The van der Waals surface area contributed by atoms with Crippen molar-refractivity contribution in [2.45, 2.75) is 50.9 Å². The van der Waals surface area contributed by atoms with Crippen LogP contribution in [0.1, 0.15) is 25.8 Å². The summed E-state index contributed by atoms with van der Waals surface area (Å²) in [5.74, 6) is -4.94. The van der Waals surface area contributed by atoms with E-state index in [2.05, 4.69) is 28.6 Å². The van der Waals surface area contributed by atoms with E-state index in [9.17, 15) is 34.2 Å². The number of rotatable bonds is 13. The third kappa shape index (κ3) is 9.27. The summed E-state index contributed by atoms with van der Waals surface area (Å²) in [5.41, 5.74) is 11.3. The molecular weight excluding hydrogens is 466 g/mol. The van der Waals surface area contributed by atoms with E-state index < -0.39 is 66.1 Å². The summed E-state index contributed by atoms with van der Waals surface area (Å²) < 4.78 is 0. The Kier molecular flexibility index (Phi) is 11.3. The average Bonchev–Trinajstić information content (AvgIpc) is 2.75. The highest BCUT2D eigenvalue weighted by molar-refractivity contribution is 7.80. The Morgan fingerprint density at radius 3 is 1.97 bits per heavy atom. The molecule has 0 spiro atoms. The molecular formula is C21H31N5O7S. The minimum Gasteiger partial charge on any atom is -0.508 e. The van der Waals surface area contributed by atoms with Crippen LogP contribution in [-0.2, 0) is 30.4 Å². The molecule has 4 atom stereocenters. The van der Waals surface area contributed by atoms with E-state index in [-0.39, 0.29) is 17.9 Å². The lowest BCUT2D eigenvalue weighted by molar-refractivity contribution is -0.141. The zero-order valence-electron chi connectivity index (χ0n) is 18.9. The molecule has 34 heavy (non-hydrogen) atoms. The van der Waals surface area contributed by atoms with Crippen LogP contribution in [0, 0.1) is 5.92 Å². The molecule has 0 heterocycles. The van der Waals surface area contributed by atoms with Gasteiger partial charge in [0.1, 0.15) is 23.9 Å². The minimum absolute atomic E-state index is 0.00434. The van der Waals surface area contributed by atoms with Crippen LogP contribution in [0.5, 0.6) is 5.75 Å². The van der Waals surface area contributed by atoms with E-state index in [1.165, 1.54) is 12.1 Å². The highest BCUT2D eigenvalue weighted by Crippen LogP contribution is 2.12. The van der Waals surface area contributed by atoms with Gasteiger partial charge in [-0.2, -0.15) is 12.6 Å². The number of carboxylic acids is 1. The smallest absolute Gasteiger partial charge is 0.327 e. The van der Waals surface area contributed by atoms with Gasteiger partial charge >= 0.3 is 5.97 Å². The fraction of sp³-hybridized carbons (Fsp3) is 0.476. The van der Waals surface area contributed by atoms with E-state index >= 15 is 0 Å². The Morgan fingerprint density at radius 2 is 1.50 bits per heavy atom. The molecule has 1 aromatic rings. The van der Waals surface area contributed by atoms with Gasteiger partial charge in [-0.15, -0.1) is 0 Å². The van der Waals surface area contributed by atoms with Crippen molar-refractivity contribution in [1.82, 2.24) is 16.0 Å². The van der Waals surface area contributed by atoms with Crippen molar-refractivity contribution in [3.05, 3.63) is 29.8 Å². The standard InChI is InChI=1S/C21H31N5O7S/c1-10(2)17(26-18(29)13(22)8-16(23)28)20(31)24-14(7-11-3-5-12(27)6-4-11)19(30)25-15(9-34)21(32)33/h3-6,10,13-15,17,27,34H,7-9,22H2,1-2H3,(H2,23,28)(H,24,31)(H,25,30)(H,26,29)(H,32,33). The fourth-order valence-electron chi connectivity index (χ4n) is 2.90. The number of nitrogens with two attached hydrogens (primary N) is 2. The summed E-state index contributed by atoms with van der Waals surface area (Å²) in [6, 6.07) is 1.02. The van der Waals surface area contributed by atoms with Crippen molar-refractivity contribution in [3.8, 4) is 5.75 Å². The van der Waals surface area contributed by atoms with Crippen LogP contribution in [-0.4, -0.2) is 69.7 Å². The first-order valence-electron chi connectivity index (χ1n) is 10.4. The van der Waals surface area contributed by atoms with Gasteiger partial charge < -0.3 is 37.6 Å². The van der Waals surface area contributed by atoms with E-state index in [0.717, 1.165) is 0 Å². The van der Waals surface area contributed by atoms with Crippen LogP contribution in [0.25, 0.3) is 0 Å². The van der Waals surface area contributed by atoms with Crippen LogP contribution in [0.2, 0.25) is 0 Å². The van der Waals surface area contributed by atoms with Gasteiger partial charge in [-0.25, -0.2) is 4.79 Å². The van der Waals surface area contributed by atoms with Gasteiger partial charge in [0.15, 0.2) is 0 Å². The number of hydrogen-bond donors (Lipinski definition) is 8. The first-order chi connectivity index (χ1) is 15.8. The number of hydrogen-bond acceptors (Lipinski definition) is 8. The Balaban J connectivity index is 3.08. The molecule has 13 heteroatoms. The SMILES string of the molecule is CC(C)C(NC(=O)C(N)CC(N)=O)C(=O)NC(Cc1ccc(O)cc1)C(=O)NC(CS)C(=O)O. The normalized spacial score (nSPS) is 14.4. The Labute approximate surface area is 202 Å². The number of thiol groups is 1. The second-order valence-corrected chi connectivity index (χ2v) is 8.39. The first-order valence-corrected chi connectivity index (χ1v) is 11.1. The Bertz CT molecular complexity index is 894. The second kappa shape index (κ2) is 13.4. The summed E-state index contributed by atoms with van der Waals surface area (Å²) in [5, 5.41) is 26.0. The number of carboxylic acid groups (broad SMARTS) is 1.